The van der Waals surface area contributed by atoms with Crippen LogP contribution in [-0.2, 0) is 0 Å². The molecule has 1 fully saturated rings. The lowest BCUT2D eigenvalue weighted by Crippen LogP contribution is -2.41. The second kappa shape index (κ2) is 4.72. The highest BCUT2D eigenvalue weighted by Gasteiger charge is 2.24. The lowest BCUT2D eigenvalue weighted by atomic mass is 10.3. The van der Waals surface area contributed by atoms with Crippen molar-refractivity contribution in [3.63, 3.8) is 0 Å². The second-order valence-corrected chi connectivity index (χ2v) is 6.53. The topological polar surface area (TPSA) is 42.2 Å². The van der Waals surface area contributed by atoms with E-state index in [4.69, 9.17) is 17.3 Å². The van der Waals surface area contributed by atoms with Gasteiger partial charge in [-0.05, 0) is 6.07 Å². The van der Waals surface area contributed by atoms with Crippen molar-refractivity contribution in [1.82, 2.24) is 4.98 Å². The van der Waals surface area contributed by atoms with E-state index in [9.17, 15) is 0 Å². The van der Waals surface area contributed by atoms with Gasteiger partial charge in [-0.3, -0.25) is 0 Å². The minimum atomic E-state index is 0.610. The van der Waals surface area contributed by atoms with Crippen molar-refractivity contribution in [3.8, 4) is 0 Å². The Hall–Kier alpha value is -0.610. The predicted molar refractivity (Wildman–Crippen MR) is 72.4 cm³/mol. The van der Waals surface area contributed by atoms with Gasteiger partial charge in [-0.15, -0.1) is 0 Å². The molecule has 1 aromatic heterocycles. The Balaban J connectivity index is 2.23. The molecule has 2 unspecified atom stereocenters. The summed E-state index contributed by atoms with van der Waals surface area (Å²) < 4.78 is 0. The lowest BCUT2D eigenvalue weighted by molar-refractivity contribution is 0.719. The van der Waals surface area contributed by atoms with Gasteiger partial charge in [0.05, 0.1) is 16.9 Å². The molecule has 2 heterocycles. The molecule has 0 aliphatic carbocycles. The molecule has 1 aromatic rings. The van der Waals surface area contributed by atoms with Gasteiger partial charge in [0.1, 0.15) is 5.82 Å². The summed E-state index contributed by atoms with van der Waals surface area (Å²) in [5.74, 6) is 0.856. The zero-order valence-electron chi connectivity index (χ0n) is 9.48. The van der Waals surface area contributed by atoms with Crippen LogP contribution in [0.3, 0.4) is 0 Å². The standard InChI is InChI=1S/C11H16ClN3S/c1-7-5-15(6-8(2)16-7)11-10(12)3-9(13)4-14-11/h3-4,7-8H,5-6,13H2,1-2H3. The van der Waals surface area contributed by atoms with E-state index in [1.165, 1.54) is 0 Å². The third-order valence-corrected chi connectivity index (χ3v) is 4.07. The Kier molecular flexibility index (Phi) is 3.50. The number of halogens is 1. The maximum atomic E-state index is 6.17. The van der Waals surface area contributed by atoms with Crippen molar-refractivity contribution in [2.75, 3.05) is 23.7 Å². The maximum absolute atomic E-state index is 6.17. The second-order valence-electron chi connectivity index (χ2n) is 4.24. The van der Waals surface area contributed by atoms with Crippen LogP contribution in [0.5, 0.6) is 0 Å². The molecule has 16 heavy (non-hydrogen) atoms. The van der Waals surface area contributed by atoms with Gasteiger partial charge >= 0.3 is 0 Å². The third-order valence-electron chi connectivity index (χ3n) is 2.56. The monoisotopic (exact) mass is 257 g/mol. The SMILES string of the molecule is CC1CN(c2ncc(N)cc2Cl)CC(C)S1. The molecule has 88 valence electrons. The largest absolute Gasteiger partial charge is 0.397 e. The fraction of sp³-hybridized carbons (Fsp3) is 0.545. The average Bonchev–Trinajstić information content (AvgIpc) is 2.15. The van der Waals surface area contributed by atoms with Crippen molar-refractivity contribution in [2.24, 2.45) is 0 Å². The molecule has 2 rings (SSSR count). The maximum Gasteiger partial charge on any atom is 0.147 e. The number of nitrogens with zero attached hydrogens (tertiary/aromatic N) is 2. The molecular weight excluding hydrogens is 242 g/mol. The number of hydrogen-bond donors (Lipinski definition) is 1. The summed E-state index contributed by atoms with van der Waals surface area (Å²) >= 11 is 8.18. The Morgan fingerprint density at radius 2 is 2.06 bits per heavy atom. The quantitative estimate of drug-likeness (QED) is 0.840. The van der Waals surface area contributed by atoms with E-state index in [1.54, 1.807) is 12.3 Å². The van der Waals surface area contributed by atoms with Crippen molar-refractivity contribution >= 4 is 34.9 Å². The van der Waals surface area contributed by atoms with Crippen LogP contribution >= 0.6 is 23.4 Å². The number of thioether (sulfide) groups is 1. The zero-order chi connectivity index (χ0) is 11.7. The van der Waals surface area contributed by atoms with Gasteiger partial charge in [-0.1, -0.05) is 25.4 Å². The zero-order valence-corrected chi connectivity index (χ0v) is 11.1. The Morgan fingerprint density at radius 1 is 1.44 bits per heavy atom. The van der Waals surface area contributed by atoms with Crippen LogP contribution in [-0.4, -0.2) is 28.6 Å². The van der Waals surface area contributed by atoms with Gasteiger partial charge in [0.2, 0.25) is 0 Å². The first-order valence-electron chi connectivity index (χ1n) is 5.37. The van der Waals surface area contributed by atoms with Crippen LogP contribution in [0.2, 0.25) is 5.02 Å². The molecule has 1 saturated heterocycles. The number of rotatable bonds is 1. The van der Waals surface area contributed by atoms with E-state index in [0.29, 0.717) is 21.2 Å². The number of aromatic nitrogens is 1. The summed E-state index contributed by atoms with van der Waals surface area (Å²) in [7, 11) is 0. The molecule has 2 N–H and O–H groups in total. The van der Waals surface area contributed by atoms with Gasteiger partial charge in [-0.2, -0.15) is 11.8 Å². The van der Waals surface area contributed by atoms with Crippen LogP contribution in [0.25, 0.3) is 0 Å². The summed E-state index contributed by atoms with van der Waals surface area (Å²) in [4.78, 5) is 6.57. The molecule has 1 aliphatic heterocycles. The molecule has 0 spiro atoms. The summed E-state index contributed by atoms with van der Waals surface area (Å²) in [6.07, 6.45) is 1.66. The number of nitrogens with two attached hydrogens (primary N) is 1. The molecule has 5 heteroatoms. The Labute approximate surface area is 105 Å². The minimum absolute atomic E-state index is 0.610. The molecule has 0 aromatic carbocycles. The summed E-state index contributed by atoms with van der Waals surface area (Å²) in [5.41, 5.74) is 6.25. The Bertz CT molecular complexity index is 375. The molecule has 0 amide bonds. The van der Waals surface area contributed by atoms with Crippen molar-refractivity contribution in [3.05, 3.63) is 17.3 Å². The Morgan fingerprint density at radius 3 is 2.62 bits per heavy atom. The average molecular weight is 258 g/mol. The first-order valence-corrected chi connectivity index (χ1v) is 6.69. The lowest BCUT2D eigenvalue weighted by Gasteiger charge is -2.35. The first kappa shape index (κ1) is 11.9. The number of pyridine rings is 1. The van der Waals surface area contributed by atoms with Crippen LogP contribution in [0.1, 0.15) is 13.8 Å². The highest BCUT2D eigenvalue weighted by Crippen LogP contribution is 2.31. The van der Waals surface area contributed by atoms with Gasteiger partial charge in [0.25, 0.3) is 0 Å². The van der Waals surface area contributed by atoms with E-state index in [0.717, 1.165) is 18.9 Å². The fourth-order valence-corrected chi connectivity index (χ4v) is 3.65. The van der Waals surface area contributed by atoms with E-state index in [-0.39, 0.29) is 0 Å². The number of nitrogen functional groups attached to an aromatic ring is 1. The fourth-order valence-electron chi connectivity index (χ4n) is 2.03. The summed E-state index contributed by atoms with van der Waals surface area (Å²) in [6, 6.07) is 1.76. The van der Waals surface area contributed by atoms with E-state index in [2.05, 4.69) is 23.7 Å². The van der Waals surface area contributed by atoms with E-state index < -0.39 is 0 Å². The summed E-state index contributed by atoms with van der Waals surface area (Å²) in [5, 5.41) is 1.87. The van der Waals surface area contributed by atoms with Gasteiger partial charge in [0, 0.05) is 23.6 Å². The molecule has 0 radical (unpaired) electrons. The van der Waals surface area contributed by atoms with Crippen molar-refractivity contribution in [2.45, 2.75) is 24.3 Å². The number of hydrogen-bond acceptors (Lipinski definition) is 4. The highest BCUT2D eigenvalue weighted by molar-refractivity contribution is 8.00. The minimum Gasteiger partial charge on any atom is -0.397 e. The van der Waals surface area contributed by atoms with Gasteiger partial charge < -0.3 is 10.6 Å². The van der Waals surface area contributed by atoms with Crippen molar-refractivity contribution in [1.29, 1.82) is 0 Å². The predicted octanol–water partition coefficient (Wildman–Crippen LogP) is 2.65. The summed E-state index contributed by atoms with van der Waals surface area (Å²) in [6.45, 7) is 6.45. The van der Waals surface area contributed by atoms with E-state index >= 15 is 0 Å². The number of anilines is 2. The normalized spacial score (nSPS) is 25.8. The molecular formula is C11H16ClN3S. The highest BCUT2D eigenvalue weighted by atomic mass is 35.5. The van der Waals surface area contributed by atoms with Gasteiger partial charge in [0.15, 0.2) is 0 Å². The van der Waals surface area contributed by atoms with Gasteiger partial charge in [-0.25, -0.2) is 4.98 Å². The van der Waals surface area contributed by atoms with Crippen LogP contribution < -0.4 is 10.6 Å². The smallest absolute Gasteiger partial charge is 0.147 e. The van der Waals surface area contributed by atoms with E-state index in [1.807, 2.05) is 11.8 Å². The van der Waals surface area contributed by atoms with Crippen LogP contribution in [0.15, 0.2) is 12.3 Å². The molecule has 2 atom stereocenters. The molecule has 1 aliphatic rings. The third kappa shape index (κ3) is 2.55. The van der Waals surface area contributed by atoms with Crippen LogP contribution in [0.4, 0.5) is 11.5 Å². The molecule has 3 nitrogen and oxygen atoms in total. The van der Waals surface area contributed by atoms with Crippen LogP contribution in [0, 0.1) is 0 Å². The molecule has 0 bridgehead atoms. The first-order chi connectivity index (χ1) is 7.56. The van der Waals surface area contributed by atoms with Crippen molar-refractivity contribution < 1.29 is 0 Å². The molecule has 0 saturated carbocycles.